The second-order valence-electron chi connectivity index (χ2n) is 5.50. The number of hydrogen-bond donors (Lipinski definition) is 4. The van der Waals surface area contributed by atoms with Gasteiger partial charge in [-0.2, -0.15) is 0 Å². The molecule has 3 amide bonds. The Bertz CT molecular complexity index is 378. The average Bonchev–Trinajstić information content (AvgIpc) is 2.39. The number of rotatable bonds is 8. The highest BCUT2D eigenvalue weighted by molar-refractivity contribution is 5.87. The number of urea groups is 1. The highest BCUT2D eigenvalue weighted by atomic mass is 16.4. The molecule has 0 aliphatic rings. The van der Waals surface area contributed by atoms with E-state index in [9.17, 15) is 19.5 Å². The molecule has 0 heterocycles. The lowest BCUT2D eigenvalue weighted by Gasteiger charge is -2.27. The number of amides is 3. The van der Waals surface area contributed by atoms with Gasteiger partial charge in [0, 0.05) is 12.6 Å². The molecule has 0 aromatic rings. The SMILES string of the molecule is CCC(CC)(CNC(=O)NC(C)C(=O)NC(C)C)C(=O)O. The summed E-state index contributed by atoms with van der Waals surface area (Å²) in [5.41, 5.74) is -0.971. The average molecular weight is 301 g/mol. The van der Waals surface area contributed by atoms with Crippen molar-refractivity contribution >= 4 is 17.9 Å². The summed E-state index contributed by atoms with van der Waals surface area (Å²) in [7, 11) is 0. The maximum absolute atomic E-state index is 11.7. The Kier molecular flexibility index (Phi) is 7.76. The van der Waals surface area contributed by atoms with E-state index in [4.69, 9.17) is 0 Å². The van der Waals surface area contributed by atoms with Gasteiger partial charge in [-0.25, -0.2) is 4.79 Å². The molecule has 0 radical (unpaired) electrons. The monoisotopic (exact) mass is 301 g/mol. The summed E-state index contributed by atoms with van der Waals surface area (Å²) in [6, 6.07) is -1.24. The molecule has 0 aromatic heterocycles. The van der Waals surface area contributed by atoms with Gasteiger partial charge in [0.1, 0.15) is 6.04 Å². The zero-order chi connectivity index (χ0) is 16.6. The van der Waals surface area contributed by atoms with Crippen LogP contribution in [0.25, 0.3) is 0 Å². The second-order valence-corrected chi connectivity index (χ2v) is 5.50. The van der Waals surface area contributed by atoms with E-state index >= 15 is 0 Å². The standard InChI is InChI=1S/C14H27N3O4/c1-6-14(7-2,12(19)20)8-15-13(21)17-10(5)11(18)16-9(3)4/h9-10H,6-8H2,1-5H3,(H,16,18)(H,19,20)(H2,15,17,21). The lowest BCUT2D eigenvalue weighted by Crippen LogP contribution is -2.52. The molecule has 0 fully saturated rings. The minimum absolute atomic E-state index is 0.00958. The normalized spacial score (nSPS) is 12.7. The van der Waals surface area contributed by atoms with Crippen molar-refractivity contribution in [2.75, 3.05) is 6.54 Å². The Hall–Kier alpha value is -1.79. The highest BCUT2D eigenvalue weighted by Gasteiger charge is 2.35. The minimum Gasteiger partial charge on any atom is -0.481 e. The van der Waals surface area contributed by atoms with Crippen molar-refractivity contribution in [1.82, 2.24) is 16.0 Å². The van der Waals surface area contributed by atoms with E-state index in [1.807, 2.05) is 13.8 Å². The highest BCUT2D eigenvalue weighted by Crippen LogP contribution is 2.25. The third-order valence-corrected chi connectivity index (χ3v) is 3.57. The van der Waals surface area contributed by atoms with Crippen LogP contribution in [-0.4, -0.2) is 41.6 Å². The third-order valence-electron chi connectivity index (χ3n) is 3.57. The molecule has 0 rings (SSSR count). The molecule has 4 N–H and O–H groups in total. The fraction of sp³-hybridized carbons (Fsp3) is 0.786. The fourth-order valence-electron chi connectivity index (χ4n) is 1.85. The number of nitrogens with one attached hydrogen (secondary N) is 3. The number of hydrogen-bond acceptors (Lipinski definition) is 3. The number of carboxylic acid groups (broad SMARTS) is 1. The number of carboxylic acids is 1. The van der Waals surface area contributed by atoms with Gasteiger partial charge in [0.2, 0.25) is 5.91 Å². The van der Waals surface area contributed by atoms with Gasteiger partial charge >= 0.3 is 12.0 Å². The first-order valence-electron chi connectivity index (χ1n) is 7.26. The van der Waals surface area contributed by atoms with Gasteiger partial charge in [-0.05, 0) is 33.6 Å². The molecule has 7 nitrogen and oxygen atoms in total. The van der Waals surface area contributed by atoms with Gasteiger partial charge < -0.3 is 21.1 Å². The van der Waals surface area contributed by atoms with E-state index in [-0.39, 0.29) is 18.5 Å². The van der Waals surface area contributed by atoms with Crippen LogP contribution in [-0.2, 0) is 9.59 Å². The summed E-state index contributed by atoms with van der Waals surface area (Å²) >= 11 is 0. The van der Waals surface area contributed by atoms with E-state index in [1.54, 1.807) is 20.8 Å². The Labute approximate surface area is 125 Å². The minimum atomic E-state index is -0.971. The Morgan fingerprint density at radius 2 is 1.57 bits per heavy atom. The molecule has 0 saturated carbocycles. The van der Waals surface area contributed by atoms with Crippen LogP contribution in [0, 0.1) is 5.41 Å². The molecule has 0 aliphatic carbocycles. The summed E-state index contributed by atoms with van der Waals surface area (Å²) < 4.78 is 0. The van der Waals surface area contributed by atoms with E-state index in [1.165, 1.54) is 0 Å². The van der Waals surface area contributed by atoms with Crippen molar-refractivity contribution in [3.05, 3.63) is 0 Å². The lowest BCUT2D eigenvalue weighted by atomic mass is 9.82. The molecular weight excluding hydrogens is 274 g/mol. The second kappa shape index (κ2) is 8.49. The zero-order valence-electron chi connectivity index (χ0n) is 13.4. The van der Waals surface area contributed by atoms with Crippen molar-refractivity contribution in [2.45, 2.75) is 59.5 Å². The maximum Gasteiger partial charge on any atom is 0.315 e. The molecule has 0 spiro atoms. The van der Waals surface area contributed by atoms with Crippen LogP contribution in [0.3, 0.4) is 0 Å². The molecular formula is C14H27N3O4. The number of aliphatic carboxylic acids is 1. The summed E-state index contributed by atoms with van der Waals surface area (Å²) in [5, 5.41) is 17.0. The molecule has 0 aliphatic heterocycles. The van der Waals surface area contributed by atoms with Gasteiger partial charge in [0.15, 0.2) is 0 Å². The van der Waals surface area contributed by atoms with E-state index in [0.717, 1.165) is 0 Å². The van der Waals surface area contributed by atoms with Crippen LogP contribution in [0.2, 0.25) is 0 Å². The third kappa shape index (κ3) is 6.01. The van der Waals surface area contributed by atoms with Crippen LogP contribution in [0.4, 0.5) is 4.79 Å². The van der Waals surface area contributed by atoms with E-state index < -0.39 is 23.5 Å². The summed E-state index contributed by atoms with van der Waals surface area (Å²) in [4.78, 5) is 34.7. The van der Waals surface area contributed by atoms with Crippen LogP contribution in [0.1, 0.15) is 47.5 Å². The molecule has 7 heteroatoms. The number of carbonyl (C=O) groups excluding carboxylic acids is 2. The predicted octanol–water partition coefficient (Wildman–Crippen LogP) is 1.09. The molecule has 21 heavy (non-hydrogen) atoms. The van der Waals surface area contributed by atoms with Crippen LogP contribution < -0.4 is 16.0 Å². The Morgan fingerprint density at radius 3 is 1.95 bits per heavy atom. The summed E-state index contributed by atoms with van der Waals surface area (Å²) in [6.45, 7) is 8.80. The van der Waals surface area contributed by atoms with E-state index in [2.05, 4.69) is 16.0 Å². The van der Waals surface area contributed by atoms with Crippen molar-refractivity contribution in [3.8, 4) is 0 Å². The van der Waals surface area contributed by atoms with Gasteiger partial charge in [0.05, 0.1) is 5.41 Å². The Morgan fingerprint density at radius 1 is 1.05 bits per heavy atom. The maximum atomic E-state index is 11.7. The van der Waals surface area contributed by atoms with Crippen LogP contribution in [0.15, 0.2) is 0 Å². The summed E-state index contributed by atoms with van der Waals surface area (Å²) in [5.74, 6) is -1.21. The van der Waals surface area contributed by atoms with Crippen molar-refractivity contribution < 1.29 is 19.5 Å². The Balaban J connectivity index is 4.44. The molecule has 1 atom stereocenters. The predicted molar refractivity (Wildman–Crippen MR) is 79.9 cm³/mol. The van der Waals surface area contributed by atoms with Crippen molar-refractivity contribution in [1.29, 1.82) is 0 Å². The molecule has 0 saturated heterocycles. The van der Waals surface area contributed by atoms with Crippen molar-refractivity contribution in [3.63, 3.8) is 0 Å². The first-order chi connectivity index (χ1) is 9.68. The lowest BCUT2D eigenvalue weighted by molar-refractivity contribution is -0.149. The fourth-order valence-corrected chi connectivity index (χ4v) is 1.85. The number of carbonyl (C=O) groups is 3. The van der Waals surface area contributed by atoms with Crippen LogP contribution >= 0.6 is 0 Å². The first kappa shape index (κ1) is 19.2. The quantitative estimate of drug-likeness (QED) is 0.538. The van der Waals surface area contributed by atoms with Gasteiger partial charge in [-0.3, -0.25) is 9.59 Å². The van der Waals surface area contributed by atoms with Crippen molar-refractivity contribution in [2.24, 2.45) is 5.41 Å². The molecule has 1 unspecified atom stereocenters. The largest absolute Gasteiger partial charge is 0.481 e. The zero-order valence-corrected chi connectivity index (χ0v) is 13.4. The topological polar surface area (TPSA) is 108 Å². The smallest absolute Gasteiger partial charge is 0.315 e. The molecule has 122 valence electrons. The first-order valence-corrected chi connectivity index (χ1v) is 7.26. The summed E-state index contributed by atoms with van der Waals surface area (Å²) in [6.07, 6.45) is 0.838. The van der Waals surface area contributed by atoms with Gasteiger partial charge in [-0.1, -0.05) is 13.8 Å². The van der Waals surface area contributed by atoms with Gasteiger partial charge in [0.25, 0.3) is 0 Å². The van der Waals surface area contributed by atoms with Crippen LogP contribution in [0.5, 0.6) is 0 Å². The molecule has 0 aromatic carbocycles. The molecule has 0 bridgehead atoms. The van der Waals surface area contributed by atoms with E-state index in [0.29, 0.717) is 12.8 Å². The van der Waals surface area contributed by atoms with Gasteiger partial charge in [-0.15, -0.1) is 0 Å².